The number of hydrogen-bond acceptors (Lipinski definition) is 4. The number of Topliss-reactive ketones (excluding diaryl/α,β-unsaturated/α-hetero) is 1. The molecule has 2 atom stereocenters. The summed E-state index contributed by atoms with van der Waals surface area (Å²) in [6, 6.07) is 0. The summed E-state index contributed by atoms with van der Waals surface area (Å²) in [7, 11) is 0. The van der Waals surface area contributed by atoms with Gasteiger partial charge in [-0.25, -0.2) is 0 Å². The summed E-state index contributed by atoms with van der Waals surface area (Å²) in [4.78, 5) is 11.0. The van der Waals surface area contributed by atoms with E-state index in [2.05, 4.69) is 0 Å². The van der Waals surface area contributed by atoms with E-state index in [0.717, 1.165) is 5.75 Å². The minimum atomic E-state index is -0.720. The first kappa shape index (κ1) is 9.03. The van der Waals surface area contributed by atoms with Crippen LogP contribution in [0.1, 0.15) is 6.42 Å². The molecule has 1 aliphatic heterocycles. The lowest BCUT2D eigenvalue weighted by molar-refractivity contribution is -0.120. The summed E-state index contributed by atoms with van der Waals surface area (Å²) in [5.41, 5.74) is 0. The van der Waals surface area contributed by atoms with E-state index in [9.17, 15) is 4.79 Å². The molecule has 1 heterocycles. The van der Waals surface area contributed by atoms with Crippen LogP contribution in [-0.4, -0.2) is 40.2 Å². The molecule has 0 aliphatic carbocycles. The van der Waals surface area contributed by atoms with E-state index in [1.165, 1.54) is 0 Å². The fraction of sp³-hybridized carbons (Fsp3) is 0.857. The Balaban J connectivity index is 2.30. The Morgan fingerprint density at radius 2 is 2.45 bits per heavy atom. The molecule has 0 radical (unpaired) electrons. The van der Waals surface area contributed by atoms with Gasteiger partial charge in [0.25, 0.3) is 0 Å². The van der Waals surface area contributed by atoms with Gasteiger partial charge in [-0.1, -0.05) is 0 Å². The lowest BCUT2D eigenvalue weighted by atomic mass is 10.0. The van der Waals surface area contributed by atoms with Gasteiger partial charge in [0.1, 0.15) is 5.78 Å². The van der Waals surface area contributed by atoms with Crippen LogP contribution in [0.25, 0.3) is 0 Å². The van der Waals surface area contributed by atoms with Gasteiger partial charge >= 0.3 is 0 Å². The van der Waals surface area contributed by atoms with Crippen molar-refractivity contribution in [3.8, 4) is 0 Å². The molecule has 1 saturated heterocycles. The molecule has 64 valence electrons. The van der Waals surface area contributed by atoms with Crippen LogP contribution in [-0.2, 0) is 4.79 Å². The molecule has 0 bridgehead atoms. The van der Waals surface area contributed by atoms with Gasteiger partial charge in [0.15, 0.2) is 0 Å². The Hall–Kier alpha value is -0.0600. The predicted octanol–water partition coefficient (Wildman–Crippen LogP) is -0.338. The highest BCUT2D eigenvalue weighted by atomic mass is 32.2. The lowest BCUT2D eigenvalue weighted by Gasteiger charge is -2.10. The number of rotatable bonds is 3. The highest BCUT2D eigenvalue weighted by Crippen LogP contribution is 2.23. The van der Waals surface area contributed by atoms with Crippen molar-refractivity contribution in [2.24, 2.45) is 5.92 Å². The molecule has 1 aliphatic rings. The number of aliphatic hydroxyl groups excluding tert-OH is 2. The number of carbonyl (C=O) groups is 1. The number of carbonyl (C=O) groups excluding carboxylic acids is 1. The Bertz CT molecular complexity index is 149. The maximum Gasteiger partial charge on any atom is 0.146 e. The highest BCUT2D eigenvalue weighted by Gasteiger charge is 2.26. The zero-order valence-corrected chi connectivity index (χ0v) is 7.01. The molecule has 3 nitrogen and oxygen atoms in total. The van der Waals surface area contributed by atoms with E-state index in [1.807, 2.05) is 0 Å². The minimum absolute atomic E-state index is 0.0258. The smallest absolute Gasteiger partial charge is 0.146 e. The van der Waals surface area contributed by atoms with E-state index >= 15 is 0 Å². The monoisotopic (exact) mass is 176 g/mol. The second kappa shape index (κ2) is 4.09. The van der Waals surface area contributed by atoms with Crippen LogP contribution in [0, 0.1) is 5.92 Å². The second-order valence-corrected chi connectivity index (χ2v) is 3.78. The summed E-state index contributed by atoms with van der Waals surface area (Å²) in [6.45, 7) is -0.242. The average molecular weight is 176 g/mol. The fourth-order valence-corrected chi connectivity index (χ4v) is 2.28. The Morgan fingerprint density at radius 1 is 1.73 bits per heavy atom. The molecule has 1 rings (SSSR count). The van der Waals surface area contributed by atoms with Crippen LogP contribution in [0.15, 0.2) is 0 Å². The second-order valence-electron chi connectivity index (χ2n) is 2.75. The van der Waals surface area contributed by atoms with Crippen molar-refractivity contribution in [3.63, 3.8) is 0 Å². The van der Waals surface area contributed by atoms with E-state index < -0.39 is 6.10 Å². The normalized spacial score (nSPS) is 27.5. The molecule has 11 heavy (non-hydrogen) atoms. The molecule has 0 aromatic rings. The molecule has 0 saturated carbocycles. The lowest BCUT2D eigenvalue weighted by Crippen LogP contribution is -2.21. The SMILES string of the molecule is O=C1CSCC1CC(O)CO. The van der Waals surface area contributed by atoms with Gasteiger partial charge in [0.05, 0.1) is 18.5 Å². The third-order valence-corrected chi connectivity index (χ3v) is 2.91. The minimum Gasteiger partial charge on any atom is -0.394 e. The molecule has 0 aromatic heterocycles. The molecule has 0 aromatic carbocycles. The summed E-state index contributed by atoms with van der Waals surface area (Å²) in [5.74, 6) is 1.56. The Kier molecular flexibility index (Phi) is 3.36. The molecule has 2 N–H and O–H groups in total. The third kappa shape index (κ3) is 2.47. The molecule has 1 fully saturated rings. The summed E-state index contributed by atoms with van der Waals surface area (Å²) < 4.78 is 0. The van der Waals surface area contributed by atoms with Crippen molar-refractivity contribution in [2.75, 3.05) is 18.1 Å². The molecule has 0 spiro atoms. The largest absolute Gasteiger partial charge is 0.394 e. The van der Waals surface area contributed by atoms with E-state index in [4.69, 9.17) is 10.2 Å². The Labute approximate surface area is 69.8 Å². The number of hydrogen-bond donors (Lipinski definition) is 2. The maximum atomic E-state index is 11.0. The third-order valence-electron chi connectivity index (χ3n) is 1.79. The van der Waals surface area contributed by atoms with E-state index in [0.29, 0.717) is 12.2 Å². The average Bonchev–Trinajstić information content (AvgIpc) is 2.37. The first-order valence-corrected chi connectivity index (χ1v) is 4.79. The maximum absolute atomic E-state index is 11.0. The Morgan fingerprint density at radius 3 is 2.91 bits per heavy atom. The van der Waals surface area contributed by atoms with Crippen LogP contribution in [0.5, 0.6) is 0 Å². The van der Waals surface area contributed by atoms with Gasteiger partial charge in [-0.15, -0.1) is 0 Å². The van der Waals surface area contributed by atoms with Crippen molar-refractivity contribution in [2.45, 2.75) is 12.5 Å². The van der Waals surface area contributed by atoms with Gasteiger partial charge in [0.2, 0.25) is 0 Å². The van der Waals surface area contributed by atoms with Crippen molar-refractivity contribution in [1.82, 2.24) is 0 Å². The predicted molar refractivity (Wildman–Crippen MR) is 43.5 cm³/mol. The van der Waals surface area contributed by atoms with Crippen molar-refractivity contribution in [1.29, 1.82) is 0 Å². The zero-order valence-electron chi connectivity index (χ0n) is 6.19. The number of aliphatic hydroxyl groups is 2. The van der Waals surface area contributed by atoms with Gasteiger partial charge in [-0.05, 0) is 6.42 Å². The molecular weight excluding hydrogens is 164 g/mol. The first-order chi connectivity index (χ1) is 5.24. The van der Waals surface area contributed by atoms with Crippen LogP contribution in [0.2, 0.25) is 0 Å². The van der Waals surface area contributed by atoms with Gasteiger partial charge in [-0.2, -0.15) is 11.8 Å². The van der Waals surface area contributed by atoms with Crippen LogP contribution < -0.4 is 0 Å². The summed E-state index contributed by atoms with van der Waals surface area (Å²) in [5, 5.41) is 17.5. The van der Waals surface area contributed by atoms with Crippen molar-refractivity contribution >= 4 is 17.5 Å². The number of thioether (sulfide) groups is 1. The van der Waals surface area contributed by atoms with E-state index in [1.54, 1.807) is 11.8 Å². The first-order valence-electron chi connectivity index (χ1n) is 3.63. The summed E-state index contributed by atoms with van der Waals surface area (Å²) in [6.07, 6.45) is -0.301. The molecule has 4 heteroatoms. The fourth-order valence-electron chi connectivity index (χ4n) is 1.12. The topological polar surface area (TPSA) is 57.5 Å². The van der Waals surface area contributed by atoms with E-state index in [-0.39, 0.29) is 18.3 Å². The van der Waals surface area contributed by atoms with Crippen LogP contribution in [0.4, 0.5) is 0 Å². The van der Waals surface area contributed by atoms with Gasteiger partial charge < -0.3 is 10.2 Å². The standard InChI is InChI=1S/C7H12O3S/c8-2-6(9)1-5-3-11-4-7(5)10/h5-6,8-9H,1-4H2. The number of ketones is 1. The molecule has 0 amide bonds. The highest BCUT2D eigenvalue weighted by molar-refractivity contribution is 8.00. The molecular formula is C7H12O3S. The quantitative estimate of drug-likeness (QED) is 0.618. The van der Waals surface area contributed by atoms with Crippen LogP contribution >= 0.6 is 11.8 Å². The molecule has 2 unspecified atom stereocenters. The van der Waals surface area contributed by atoms with Gasteiger partial charge in [0, 0.05) is 11.7 Å². The summed E-state index contributed by atoms with van der Waals surface area (Å²) >= 11 is 1.60. The van der Waals surface area contributed by atoms with Crippen molar-refractivity contribution < 1.29 is 15.0 Å². The van der Waals surface area contributed by atoms with Crippen molar-refractivity contribution in [3.05, 3.63) is 0 Å². The zero-order chi connectivity index (χ0) is 8.27. The van der Waals surface area contributed by atoms with Gasteiger partial charge in [-0.3, -0.25) is 4.79 Å². The van der Waals surface area contributed by atoms with Crippen LogP contribution in [0.3, 0.4) is 0 Å².